The van der Waals surface area contributed by atoms with E-state index in [2.05, 4.69) is 51.6 Å². The third-order valence-corrected chi connectivity index (χ3v) is 10.4. The lowest BCUT2D eigenvalue weighted by molar-refractivity contribution is -0.150. The van der Waals surface area contributed by atoms with Crippen LogP contribution in [0.25, 0.3) is 0 Å². The van der Waals surface area contributed by atoms with Gasteiger partial charge in [-0.15, -0.1) is 0 Å². The average Bonchev–Trinajstić information content (AvgIpc) is 3.08. The first kappa shape index (κ1) is 47.8. The van der Waals surface area contributed by atoms with Crippen molar-refractivity contribution >= 4 is 11.9 Å². The summed E-state index contributed by atoms with van der Waals surface area (Å²) in [6.45, 7) is 11.0. The summed E-state index contributed by atoms with van der Waals surface area (Å²) >= 11 is 0. The van der Waals surface area contributed by atoms with E-state index in [0.717, 1.165) is 51.6 Å². The molecule has 2 atom stereocenters. The third kappa shape index (κ3) is 29.1. The van der Waals surface area contributed by atoms with Gasteiger partial charge >= 0.3 is 5.97 Å². The molecule has 6 heteroatoms. The van der Waals surface area contributed by atoms with Crippen LogP contribution in [-0.2, 0) is 14.3 Å². The highest BCUT2D eigenvalue weighted by atomic mass is 19.1. The molecule has 0 spiro atoms. The third-order valence-electron chi connectivity index (χ3n) is 10.4. The SMILES string of the molecule is CCCCCCCCCC(CCCCCCC)N(CCCCCC(F)C(=O)OCCC(CCCCC)CCCCC)C(=O)CCCN(C)C. The number of nitrogens with zero attached hydrogens (tertiary/aromatic N) is 2. The molecule has 0 fully saturated rings. The number of ether oxygens (including phenoxy) is 1. The summed E-state index contributed by atoms with van der Waals surface area (Å²) in [5.74, 6) is 0.179. The van der Waals surface area contributed by atoms with E-state index >= 15 is 0 Å². The minimum absolute atomic E-state index is 0.213. The highest BCUT2D eigenvalue weighted by molar-refractivity contribution is 5.76. The molecule has 0 N–H and O–H groups in total. The van der Waals surface area contributed by atoms with Crippen LogP contribution in [0, 0.1) is 5.92 Å². The Balaban J connectivity index is 4.98. The van der Waals surface area contributed by atoms with E-state index in [0.29, 0.717) is 31.4 Å². The van der Waals surface area contributed by atoms with Crippen LogP contribution in [0.1, 0.15) is 214 Å². The molecule has 0 radical (unpaired) electrons. The number of carbonyl (C=O) groups is 2. The molecule has 0 aliphatic carbocycles. The second kappa shape index (κ2) is 35.2. The molecular weight excluding hydrogens is 611 g/mol. The molecule has 0 aromatic rings. The van der Waals surface area contributed by atoms with Crippen molar-refractivity contribution in [3.63, 3.8) is 0 Å². The average molecular weight is 697 g/mol. The predicted octanol–water partition coefficient (Wildman–Crippen LogP) is 12.6. The lowest BCUT2D eigenvalue weighted by Crippen LogP contribution is -2.41. The minimum atomic E-state index is -1.55. The summed E-state index contributed by atoms with van der Waals surface area (Å²) in [7, 11) is 4.13. The van der Waals surface area contributed by atoms with Crippen molar-refractivity contribution in [2.75, 3.05) is 33.8 Å². The van der Waals surface area contributed by atoms with Gasteiger partial charge in [0, 0.05) is 19.0 Å². The maximum Gasteiger partial charge on any atom is 0.340 e. The number of amides is 1. The van der Waals surface area contributed by atoms with Gasteiger partial charge in [-0.2, -0.15) is 0 Å². The largest absolute Gasteiger partial charge is 0.464 e. The van der Waals surface area contributed by atoms with E-state index in [1.807, 2.05) is 0 Å². The minimum Gasteiger partial charge on any atom is -0.464 e. The Kier molecular flexibility index (Phi) is 34.4. The molecule has 0 aliphatic rings. The molecule has 0 aromatic carbocycles. The first-order chi connectivity index (χ1) is 23.8. The molecule has 0 bridgehead atoms. The van der Waals surface area contributed by atoms with Crippen LogP contribution >= 0.6 is 0 Å². The first-order valence-corrected chi connectivity index (χ1v) is 21.5. The number of unbranched alkanes of at least 4 members (excludes halogenated alkanes) is 16. The number of esters is 1. The van der Waals surface area contributed by atoms with Crippen molar-refractivity contribution < 1.29 is 18.7 Å². The van der Waals surface area contributed by atoms with Crippen molar-refractivity contribution in [1.29, 1.82) is 0 Å². The fraction of sp³-hybridized carbons (Fsp3) is 0.953. The van der Waals surface area contributed by atoms with Gasteiger partial charge < -0.3 is 14.5 Å². The zero-order valence-electron chi connectivity index (χ0n) is 33.9. The van der Waals surface area contributed by atoms with Crippen molar-refractivity contribution in [2.45, 2.75) is 226 Å². The van der Waals surface area contributed by atoms with E-state index in [9.17, 15) is 14.0 Å². The normalized spacial score (nSPS) is 12.9. The number of hydrogen-bond donors (Lipinski definition) is 0. The molecule has 0 saturated heterocycles. The molecule has 5 nitrogen and oxygen atoms in total. The summed E-state index contributed by atoms with van der Waals surface area (Å²) < 4.78 is 20.2. The van der Waals surface area contributed by atoms with Crippen molar-refractivity contribution in [3.05, 3.63) is 0 Å². The number of hydrogen-bond acceptors (Lipinski definition) is 4. The van der Waals surface area contributed by atoms with Crippen molar-refractivity contribution in [3.8, 4) is 0 Å². The summed E-state index contributed by atoms with van der Waals surface area (Å²) in [6.07, 6.45) is 30.5. The second-order valence-corrected chi connectivity index (χ2v) is 15.4. The van der Waals surface area contributed by atoms with E-state index in [4.69, 9.17) is 4.74 Å². The predicted molar refractivity (Wildman–Crippen MR) is 210 cm³/mol. The Bertz CT molecular complexity index is 724. The Morgan fingerprint density at radius 1 is 0.531 bits per heavy atom. The topological polar surface area (TPSA) is 49.9 Å². The van der Waals surface area contributed by atoms with Crippen LogP contribution in [-0.4, -0.2) is 67.7 Å². The molecule has 49 heavy (non-hydrogen) atoms. The van der Waals surface area contributed by atoms with Gasteiger partial charge in [0.15, 0.2) is 6.17 Å². The number of alkyl halides is 1. The molecule has 1 amide bonds. The van der Waals surface area contributed by atoms with E-state index in [-0.39, 0.29) is 12.3 Å². The van der Waals surface area contributed by atoms with Crippen LogP contribution in [0.2, 0.25) is 0 Å². The van der Waals surface area contributed by atoms with Gasteiger partial charge in [0.25, 0.3) is 0 Å². The molecule has 0 heterocycles. The number of halogens is 1. The van der Waals surface area contributed by atoms with Crippen LogP contribution < -0.4 is 0 Å². The Labute approximate surface area is 305 Å². The van der Waals surface area contributed by atoms with E-state index in [1.54, 1.807) is 0 Å². The molecule has 292 valence electrons. The monoisotopic (exact) mass is 697 g/mol. The molecular formula is C43H85FN2O3. The van der Waals surface area contributed by atoms with Crippen LogP contribution in [0.4, 0.5) is 4.39 Å². The van der Waals surface area contributed by atoms with Crippen LogP contribution in [0.3, 0.4) is 0 Å². The van der Waals surface area contributed by atoms with Gasteiger partial charge in [0.05, 0.1) is 6.61 Å². The van der Waals surface area contributed by atoms with Gasteiger partial charge in [-0.3, -0.25) is 4.79 Å². The lowest BCUT2D eigenvalue weighted by atomic mass is 9.92. The fourth-order valence-corrected chi connectivity index (χ4v) is 7.09. The fourth-order valence-electron chi connectivity index (χ4n) is 7.09. The van der Waals surface area contributed by atoms with Gasteiger partial charge in [0.1, 0.15) is 0 Å². The summed E-state index contributed by atoms with van der Waals surface area (Å²) in [6, 6.07) is 0.306. The highest BCUT2D eigenvalue weighted by Gasteiger charge is 2.24. The summed E-state index contributed by atoms with van der Waals surface area (Å²) in [4.78, 5) is 30.5. The molecule has 0 saturated carbocycles. The molecule has 0 aromatic heterocycles. The Morgan fingerprint density at radius 2 is 0.980 bits per heavy atom. The zero-order chi connectivity index (χ0) is 36.4. The first-order valence-electron chi connectivity index (χ1n) is 21.5. The standard InChI is InChI=1S/C43H85FN2O3/c1-7-11-15-17-18-20-25-32-40(31-24-19-16-12-8-2)46(42(47)34-28-36-45(5)6)37-27-21-26-33-41(44)43(48)49-38-35-39(29-22-13-9-3)30-23-14-10-4/h39-41H,7-38H2,1-6H3. The van der Waals surface area contributed by atoms with E-state index < -0.39 is 12.1 Å². The molecule has 2 unspecified atom stereocenters. The van der Waals surface area contributed by atoms with Gasteiger partial charge in [-0.25, -0.2) is 9.18 Å². The lowest BCUT2D eigenvalue weighted by Gasteiger charge is -2.33. The van der Waals surface area contributed by atoms with Gasteiger partial charge in [-0.1, -0.05) is 163 Å². The zero-order valence-corrected chi connectivity index (χ0v) is 33.9. The molecule has 0 rings (SSSR count). The van der Waals surface area contributed by atoms with E-state index in [1.165, 1.54) is 128 Å². The molecule has 0 aliphatic heterocycles. The van der Waals surface area contributed by atoms with Crippen molar-refractivity contribution in [2.24, 2.45) is 5.92 Å². The maximum atomic E-state index is 14.8. The van der Waals surface area contributed by atoms with Crippen LogP contribution in [0.5, 0.6) is 0 Å². The van der Waals surface area contributed by atoms with Gasteiger partial charge in [0.2, 0.25) is 5.91 Å². The second-order valence-electron chi connectivity index (χ2n) is 15.4. The highest BCUT2D eigenvalue weighted by Crippen LogP contribution is 2.23. The summed E-state index contributed by atoms with van der Waals surface area (Å²) in [5.41, 5.74) is 0. The number of rotatable bonds is 37. The van der Waals surface area contributed by atoms with Crippen LogP contribution in [0.15, 0.2) is 0 Å². The van der Waals surface area contributed by atoms with Gasteiger partial charge in [-0.05, 0) is 71.5 Å². The summed E-state index contributed by atoms with van der Waals surface area (Å²) in [5, 5.41) is 0. The van der Waals surface area contributed by atoms with Crippen molar-refractivity contribution in [1.82, 2.24) is 9.80 Å². The maximum absolute atomic E-state index is 14.8. The smallest absolute Gasteiger partial charge is 0.340 e. The quantitative estimate of drug-likeness (QED) is 0.0479. The Morgan fingerprint density at radius 3 is 1.51 bits per heavy atom. The Hall–Kier alpha value is -1.17. The number of carbonyl (C=O) groups excluding carboxylic acids is 2.